The van der Waals surface area contributed by atoms with Crippen LogP contribution in [0.2, 0.25) is 0 Å². The highest BCUT2D eigenvalue weighted by Gasteiger charge is 2.04. The average Bonchev–Trinajstić information content (AvgIpc) is 2.54. The van der Waals surface area contributed by atoms with Gasteiger partial charge in [-0.3, -0.25) is 9.59 Å². The maximum Gasteiger partial charge on any atom is 0.309 e. The van der Waals surface area contributed by atoms with Gasteiger partial charge in [0, 0.05) is 11.8 Å². The SMILES string of the molecule is COC(=O)Cc1cccc(NC(=O)C=Cc2ccccc2)c1. The Bertz CT molecular complexity index is 678. The van der Waals surface area contributed by atoms with Gasteiger partial charge in [-0.25, -0.2) is 0 Å². The highest BCUT2D eigenvalue weighted by atomic mass is 16.5. The number of hydrogen-bond acceptors (Lipinski definition) is 3. The first-order chi connectivity index (χ1) is 10.7. The van der Waals surface area contributed by atoms with Crippen molar-refractivity contribution in [1.82, 2.24) is 0 Å². The van der Waals surface area contributed by atoms with Crippen molar-refractivity contribution in [2.45, 2.75) is 6.42 Å². The number of carbonyl (C=O) groups is 2. The Kier molecular flexibility index (Phi) is 5.49. The maximum atomic E-state index is 11.9. The summed E-state index contributed by atoms with van der Waals surface area (Å²) in [5, 5.41) is 2.77. The van der Waals surface area contributed by atoms with Gasteiger partial charge in [0.1, 0.15) is 0 Å². The van der Waals surface area contributed by atoms with Gasteiger partial charge in [-0.1, -0.05) is 42.5 Å². The molecule has 2 aromatic rings. The molecule has 0 aromatic heterocycles. The van der Waals surface area contributed by atoms with E-state index in [2.05, 4.69) is 10.1 Å². The largest absolute Gasteiger partial charge is 0.469 e. The van der Waals surface area contributed by atoms with Gasteiger partial charge in [-0.2, -0.15) is 0 Å². The molecule has 0 atom stereocenters. The number of methoxy groups -OCH3 is 1. The molecule has 0 aliphatic rings. The minimum Gasteiger partial charge on any atom is -0.469 e. The summed E-state index contributed by atoms with van der Waals surface area (Å²) in [5.41, 5.74) is 2.39. The molecule has 0 aliphatic carbocycles. The number of nitrogens with one attached hydrogen (secondary N) is 1. The van der Waals surface area contributed by atoms with Gasteiger partial charge in [0.05, 0.1) is 13.5 Å². The first-order valence-electron chi connectivity index (χ1n) is 6.87. The van der Waals surface area contributed by atoms with E-state index in [0.29, 0.717) is 5.69 Å². The predicted molar refractivity (Wildman–Crippen MR) is 86.3 cm³/mol. The lowest BCUT2D eigenvalue weighted by Gasteiger charge is -2.05. The molecule has 0 heterocycles. The van der Waals surface area contributed by atoms with E-state index in [1.807, 2.05) is 36.4 Å². The summed E-state index contributed by atoms with van der Waals surface area (Å²) in [6.45, 7) is 0. The summed E-state index contributed by atoms with van der Waals surface area (Å²) in [5.74, 6) is -0.536. The Labute approximate surface area is 129 Å². The van der Waals surface area contributed by atoms with Crippen LogP contribution in [0, 0.1) is 0 Å². The van der Waals surface area contributed by atoms with Crippen LogP contribution in [0.25, 0.3) is 6.08 Å². The van der Waals surface area contributed by atoms with Gasteiger partial charge in [0.2, 0.25) is 5.91 Å². The smallest absolute Gasteiger partial charge is 0.309 e. The van der Waals surface area contributed by atoms with Crippen molar-refractivity contribution in [2.24, 2.45) is 0 Å². The zero-order chi connectivity index (χ0) is 15.8. The molecule has 1 amide bonds. The van der Waals surface area contributed by atoms with Crippen LogP contribution < -0.4 is 5.32 Å². The maximum absolute atomic E-state index is 11.9. The second-order valence-electron chi connectivity index (χ2n) is 4.69. The van der Waals surface area contributed by atoms with Crippen LogP contribution in [0.4, 0.5) is 5.69 Å². The summed E-state index contributed by atoms with van der Waals surface area (Å²) < 4.78 is 4.63. The number of rotatable bonds is 5. The van der Waals surface area contributed by atoms with Gasteiger partial charge >= 0.3 is 5.97 Å². The molecule has 0 aliphatic heterocycles. The van der Waals surface area contributed by atoms with E-state index < -0.39 is 0 Å². The Hall–Kier alpha value is -2.88. The van der Waals surface area contributed by atoms with Crippen LogP contribution in [0.3, 0.4) is 0 Å². The molecule has 0 saturated carbocycles. The fraction of sp³-hybridized carbons (Fsp3) is 0.111. The van der Waals surface area contributed by atoms with Crippen LogP contribution in [-0.4, -0.2) is 19.0 Å². The predicted octanol–water partition coefficient (Wildman–Crippen LogP) is 3.05. The van der Waals surface area contributed by atoms with Crippen molar-refractivity contribution >= 4 is 23.6 Å². The van der Waals surface area contributed by atoms with E-state index in [-0.39, 0.29) is 18.3 Å². The van der Waals surface area contributed by atoms with Crippen LogP contribution in [0.5, 0.6) is 0 Å². The van der Waals surface area contributed by atoms with Crippen molar-refractivity contribution in [3.05, 3.63) is 71.8 Å². The zero-order valence-corrected chi connectivity index (χ0v) is 12.3. The van der Waals surface area contributed by atoms with Gasteiger partial charge in [0.15, 0.2) is 0 Å². The van der Waals surface area contributed by atoms with Crippen molar-refractivity contribution in [1.29, 1.82) is 0 Å². The number of amides is 1. The Morgan fingerprint density at radius 3 is 2.59 bits per heavy atom. The molecule has 22 heavy (non-hydrogen) atoms. The first-order valence-corrected chi connectivity index (χ1v) is 6.87. The standard InChI is InChI=1S/C18H17NO3/c1-22-18(21)13-15-8-5-9-16(12-15)19-17(20)11-10-14-6-3-2-4-7-14/h2-12H,13H2,1H3,(H,19,20). The lowest BCUT2D eigenvalue weighted by molar-refractivity contribution is -0.139. The normalized spacial score (nSPS) is 10.4. The summed E-state index contributed by atoms with van der Waals surface area (Å²) in [6, 6.07) is 16.7. The Morgan fingerprint density at radius 1 is 1.09 bits per heavy atom. The molecule has 4 heteroatoms. The van der Waals surface area contributed by atoms with Gasteiger partial charge in [-0.15, -0.1) is 0 Å². The van der Waals surface area contributed by atoms with E-state index in [4.69, 9.17) is 0 Å². The van der Waals surface area contributed by atoms with E-state index in [1.54, 1.807) is 24.3 Å². The molecular weight excluding hydrogens is 278 g/mol. The van der Waals surface area contributed by atoms with Gasteiger partial charge < -0.3 is 10.1 Å². The van der Waals surface area contributed by atoms with Crippen molar-refractivity contribution in [3.63, 3.8) is 0 Å². The third-order valence-electron chi connectivity index (χ3n) is 3.00. The van der Waals surface area contributed by atoms with Crippen molar-refractivity contribution in [2.75, 3.05) is 12.4 Å². The molecule has 0 bridgehead atoms. The molecule has 2 aromatic carbocycles. The molecule has 0 radical (unpaired) electrons. The first kappa shape index (κ1) is 15.5. The minimum atomic E-state index is -0.313. The van der Waals surface area contributed by atoms with E-state index in [9.17, 15) is 9.59 Å². The lowest BCUT2D eigenvalue weighted by atomic mass is 10.1. The van der Waals surface area contributed by atoms with Crippen LogP contribution in [-0.2, 0) is 20.7 Å². The molecular formula is C18H17NO3. The number of hydrogen-bond donors (Lipinski definition) is 1. The fourth-order valence-electron chi connectivity index (χ4n) is 1.92. The summed E-state index contributed by atoms with van der Waals surface area (Å²) in [6.07, 6.45) is 3.40. The second-order valence-corrected chi connectivity index (χ2v) is 4.69. The molecule has 0 saturated heterocycles. The number of anilines is 1. The zero-order valence-electron chi connectivity index (χ0n) is 12.3. The fourth-order valence-corrected chi connectivity index (χ4v) is 1.92. The van der Waals surface area contributed by atoms with E-state index in [1.165, 1.54) is 13.2 Å². The average molecular weight is 295 g/mol. The van der Waals surface area contributed by atoms with Crippen LogP contribution in [0.1, 0.15) is 11.1 Å². The summed E-state index contributed by atoms with van der Waals surface area (Å²) in [4.78, 5) is 23.1. The molecule has 2 rings (SSSR count). The number of esters is 1. The van der Waals surface area contributed by atoms with E-state index >= 15 is 0 Å². The monoisotopic (exact) mass is 295 g/mol. The highest BCUT2D eigenvalue weighted by Crippen LogP contribution is 2.12. The van der Waals surface area contributed by atoms with Crippen LogP contribution >= 0.6 is 0 Å². The van der Waals surface area contributed by atoms with Crippen molar-refractivity contribution < 1.29 is 14.3 Å². The molecule has 0 fully saturated rings. The number of benzene rings is 2. The summed E-state index contributed by atoms with van der Waals surface area (Å²) >= 11 is 0. The van der Waals surface area contributed by atoms with Crippen LogP contribution in [0.15, 0.2) is 60.7 Å². The lowest BCUT2D eigenvalue weighted by Crippen LogP contribution is -2.09. The van der Waals surface area contributed by atoms with E-state index in [0.717, 1.165) is 11.1 Å². The molecule has 1 N–H and O–H groups in total. The molecule has 0 unspecified atom stereocenters. The van der Waals surface area contributed by atoms with Gasteiger partial charge in [0.25, 0.3) is 0 Å². The minimum absolute atomic E-state index is 0.181. The number of carbonyl (C=O) groups excluding carboxylic acids is 2. The quantitative estimate of drug-likeness (QED) is 0.681. The molecule has 112 valence electrons. The Morgan fingerprint density at radius 2 is 1.86 bits per heavy atom. The van der Waals surface area contributed by atoms with Crippen molar-refractivity contribution in [3.8, 4) is 0 Å². The second kappa shape index (κ2) is 7.78. The Balaban J connectivity index is 1.98. The molecule has 0 spiro atoms. The third kappa shape index (κ3) is 4.90. The highest BCUT2D eigenvalue weighted by molar-refractivity contribution is 6.02. The number of ether oxygens (including phenoxy) is 1. The topological polar surface area (TPSA) is 55.4 Å². The summed E-state index contributed by atoms with van der Waals surface area (Å²) in [7, 11) is 1.35. The third-order valence-corrected chi connectivity index (χ3v) is 3.00. The molecule has 4 nitrogen and oxygen atoms in total. The van der Waals surface area contributed by atoms with Gasteiger partial charge in [-0.05, 0) is 29.3 Å².